The molecule has 1 aliphatic heterocycles. The lowest BCUT2D eigenvalue weighted by Gasteiger charge is -2.34. The first kappa shape index (κ1) is 16.4. The van der Waals surface area contributed by atoms with Gasteiger partial charge < -0.3 is 19.9 Å². The molecule has 1 atom stereocenters. The van der Waals surface area contributed by atoms with Crippen LogP contribution >= 0.6 is 0 Å². The minimum Gasteiger partial charge on any atom is -0.383 e. The van der Waals surface area contributed by atoms with Crippen LogP contribution in [0.2, 0.25) is 0 Å². The number of hydrogen-bond donors (Lipinski definition) is 1. The van der Waals surface area contributed by atoms with E-state index in [2.05, 4.69) is 19.4 Å². The van der Waals surface area contributed by atoms with E-state index in [1.807, 2.05) is 12.4 Å². The predicted molar refractivity (Wildman–Crippen MR) is 91.0 cm³/mol. The van der Waals surface area contributed by atoms with E-state index in [-0.39, 0.29) is 0 Å². The minimum absolute atomic E-state index is 0.299. The zero-order chi connectivity index (χ0) is 16.9. The molecule has 0 unspecified atom stereocenters. The molecular formula is C17H23N5O2. The number of methoxy groups -OCH3 is 1. The number of ether oxygens (including phenoxy) is 1. The van der Waals surface area contributed by atoms with Crippen LogP contribution in [0.4, 0.5) is 5.82 Å². The molecule has 3 rings (SSSR count). The molecule has 24 heavy (non-hydrogen) atoms. The van der Waals surface area contributed by atoms with Gasteiger partial charge in [-0.05, 0) is 25.0 Å². The van der Waals surface area contributed by atoms with Gasteiger partial charge in [-0.3, -0.25) is 4.79 Å². The molecule has 1 fully saturated rings. The van der Waals surface area contributed by atoms with E-state index in [9.17, 15) is 4.79 Å². The predicted octanol–water partition coefficient (Wildman–Crippen LogP) is 1.41. The van der Waals surface area contributed by atoms with E-state index < -0.39 is 5.91 Å². The Balaban J connectivity index is 1.80. The van der Waals surface area contributed by atoms with E-state index in [0.717, 1.165) is 38.3 Å². The summed E-state index contributed by atoms with van der Waals surface area (Å²) < 4.78 is 7.31. The Bertz CT molecular complexity index is 700. The van der Waals surface area contributed by atoms with Crippen LogP contribution in [0.25, 0.3) is 0 Å². The zero-order valence-electron chi connectivity index (χ0n) is 13.9. The van der Waals surface area contributed by atoms with Gasteiger partial charge in [-0.15, -0.1) is 0 Å². The third-order valence-electron chi connectivity index (χ3n) is 4.42. The molecule has 7 nitrogen and oxygen atoms in total. The van der Waals surface area contributed by atoms with Gasteiger partial charge in [-0.25, -0.2) is 9.97 Å². The highest BCUT2D eigenvalue weighted by atomic mass is 16.5. The van der Waals surface area contributed by atoms with Crippen LogP contribution in [-0.2, 0) is 11.3 Å². The van der Waals surface area contributed by atoms with Crippen molar-refractivity contribution in [2.45, 2.75) is 25.3 Å². The summed E-state index contributed by atoms with van der Waals surface area (Å²) in [6.07, 6.45) is 7.61. The lowest BCUT2D eigenvalue weighted by Crippen LogP contribution is -2.37. The maximum absolute atomic E-state index is 11.7. The highest BCUT2D eigenvalue weighted by Crippen LogP contribution is 2.29. The summed E-state index contributed by atoms with van der Waals surface area (Å²) in [7, 11) is 1.70. The molecule has 1 aliphatic rings. The first-order valence-electron chi connectivity index (χ1n) is 8.20. The van der Waals surface area contributed by atoms with Crippen molar-refractivity contribution >= 4 is 11.7 Å². The van der Waals surface area contributed by atoms with Gasteiger partial charge in [-0.2, -0.15) is 0 Å². The van der Waals surface area contributed by atoms with Gasteiger partial charge in [0.1, 0.15) is 11.6 Å². The molecule has 0 saturated carbocycles. The molecule has 3 heterocycles. The Morgan fingerprint density at radius 2 is 2.29 bits per heavy atom. The van der Waals surface area contributed by atoms with Crippen molar-refractivity contribution in [3.8, 4) is 0 Å². The molecule has 0 spiro atoms. The number of carbonyl (C=O) groups is 1. The van der Waals surface area contributed by atoms with Gasteiger partial charge in [0.15, 0.2) is 0 Å². The molecule has 0 aliphatic carbocycles. The second-order valence-corrected chi connectivity index (χ2v) is 6.00. The largest absolute Gasteiger partial charge is 0.383 e. The highest BCUT2D eigenvalue weighted by Gasteiger charge is 2.27. The normalized spacial score (nSPS) is 17.9. The fraction of sp³-hybridized carbons (Fsp3) is 0.471. The van der Waals surface area contributed by atoms with Crippen molar-refractivity contribution in [2.75, 3.05) is 31.7 Å². The number of primary amides is 1. The number of carbonyl (C=O) groups excluding carboxylic acids is 1. The molecular weight excluding hydrogens is 306 g/mol. The second kappa shape index (κ2) is 7.44. The number of rotatable bonds is 6. The SMILES string of the molecule is COCCn1ccnc1[C@H]1CCCN(c2ncccc2C(N)=O)C1. The maximum atomic E-state index is 11.7. The van der Waals surface area contributed by atoms with Gasteiger partial charge >= 0.3 is 0 Å². The number of pyridine rings is 1. The number of hydrogen-bond acceptors (Lipinski definition) is 5. The first-order chi connectivity index (χ1) is 11.7. The number of nitrogens with two attached hydrogens (primary N) is 1. The molecule has 2 N–H and O–H groups in total. The van der Waals surface area contributed by atoms with Crippen LogP contribution in [0, 0.1) is 0 Å². The smallest absolute Gasteiger partial charge is 0.252 e. The summed E-state index contributed by atoms with van der Waals surface area (Å²) in [5, 5.41) is 0. The van der Waals surface area contributed by atoms with E-state index in [4.69, 9.17) is 10.5 Å². The Kier molecular flexibility index (Phi) is 5.10. The van der Waals surface area contributed by atoms with Crippen LogP contribution in [0.3, 0.4) is 0 Å². The third-order valence-corrected chi connectivity index (χ3v) is 4.42. The van der Waals surface area contributed by atoms with Crippen molar-refractivity contribution in [1.29, 1.82) is 0 Å². The number of aromatic nitrogens is 3. The molecule has 0 bridgehead atoms. The number of amides is 1. The Morgan fingerprint density at radius 1 is 1.42 bits per heavy atom. The van der Waals surface area contributed by atoms with E-state index >= 15 is 0 Å². The molecule has 0 radical (unpaired) electrons. The van der Waals surface area contributed by atoms with Gasteiger partial charge in [-0.1, -0.05) is 0 Å². The monoisotopic (exact) mass is 329 g/mol. The highest BCUT2D eigenvalue weighted by molar-refractivity contribution is 5.97. The Hall–Kier alpha value is -2.41. The van der Waals surface area contributed by atoms with E-state index in [1.165, 1.54) is 0 Å². The topological polar surface area (TPSA) is 86.3 Å². The van der Waals surface area contributed by atoms with Gasteiger partial charge in [0.25, 0.3) is 5.91 Å². The lowest BCUT2D eigenvalue weighted by molar-refractivity contribution is 0.100. The average Bonchev–Trinajstić information content (AvgIpc) is 3.08. The first-order valence-corrected chi connectivity index (χ1v) is 8.20. The van der Waals surface area contributed by atoms with E-state index in [1.54, 1.807) is 25.4 Å². The summed E-state index contributed by atoms with van der Waals surface area (Å²) >= 11 is 0. The van der Waals surface area contributed by atoms with Crippen LogP contribution in [0.5, 0.6) is 0 Å². The van der Waals surface area contributed by atoms with Crippen molar-refractivity contribution in [3.63, 3.8) is 0 Å². The van der Waals surface area contributed by atoms with Gasteiger partial charge in [0, 0.05) is 51.3 Å². The molecule has 2 aromatic heterocycles. The van der Waals surface area contributed by atoms with Gasteiger partial charge in [0.2, 0.25) is 0 Å². The zero-order valence-corrected chi connectivity index (χ0v) is 13.9. The van der Waals surface area contributed by atoms with Gasteiger partial charge in [0.05, 0.1) is 12.2 Å². The number of nitrogens with zero attached hydrogens (tertiary/aromatic N) is 4. The lowest BCUT2D eigenvalue weighted by atomic mass is 9.96. The van der Waals surface area contributed by atoms with Crippen LogP contribution in [0.1, 0.15) is 34.9 Å². The standard InChI is InChI=1S/C17H23N5O2/c1-24-11-10-21-9-7-20-16(21)13-4-3-8-22(12-13)17-14(15(18)23)5-2-6-19-17/h2,5-7,9,13H,3-4,8,10-12H2,1H3,(H2,18,23)/t13-/m0/s1. The third kappa shape index (κ3) is 3.41. The number of anilines is 1. The summed E-state index contributed by atoms with van der Waals surface area (Å²) in [6.45, 7) is 3.10. The molecule has 0 aromatic carbocycles. The van der Waals surface area contributed by atoms with Crippen molar-refractivity contribution in [1.82, 2.24) is 14.5 Å². The van der Waals surface area contributed by atoms with Crippen molar-refractivity contribution in [2.24, 2.45) is 5.73 Å². The average molecular weight is 329 g/mol. The molecule has 128 valence electrons. The second-order valence-electron chi connectivity index (χ2n) is 6.00. The fourth-order valence-electron chi connectivity index (χ4n) is 3.28. The Morgan fingerprint density at radius 3 is 3.08 bits per heavy atom. The van der Waals surface area contributed by atoms with Crippen molar-refractivity contribution < 1.29 is 9.53 Å². The summed E-state index contributed by atoms with van der Waals surface area (Å²) in [5.41, 5.74) is 5.97. The molecule has 1 saturated heterocycles. The maximum Gasteiger partial charge on any atom is 0.252 e. The van der Waals surface area contributed by atoms with Crippen LogP contribution < -0.4 is 10.6 Å². The summed E-state index contributed by atoms with van der Waals surface area (Å²) in [5.74, 6) is 1.59. The van der Waals surface area contributed by atoms with Crippen molar-refractivity contribution in [3.05, 3.63) is 42.1 Å². The molecule has 7 heteroatoms. The quantitative estimate of drug-likeness (QED) is 0.866. The summed E-state index contributed by atoms with van der Waals surface area (Å²) in [6, 6.07) is 3.47. The summed E-state index contributed by atoms with van der Waals surface area (Å²) in [4.78, 5) is 22.8. The van der Waals surface area contributed by atoms with Crippen LogP contribution in [-0.4, -0.2) is 47.2 Å². The van der Waals surface area contributed by atoms with E-state index in [0.29, 0.717) is 23.9 Å². The number of imidazole rings is 1. The fourth-order valence-corrected chi connectivity index (χ4v) is 3.28. The number of piperidine rings is 1. The molecule has 2 aromatic rings. The Labute approximate surface area is 141 Å². The van der Waals surface area contributed by atoms with Crippen LogP contribution in [0.15, 0.2) is 30.7 Å². The minimum atomic E-state index is -0.443. The molecule has 1 amide bonds.